The van der Waals surface area contributed by atoms with Gasteiger partial charge >= 0.3 is 0 Å². The number of rotatable bonds is 5. The Hall–Kier alpha value is -2.11. The highest BCUT2D eigenvalue weighted by atomic mass is 35.5. The minimum atomic E-state index is -0.461. The highest BCUT2D eigenvalue weighted by molar-refractivity contribution is 6.30. The lowest BCUT2D eigenvalue weighted by atomic mass is 10.2. The topological polar surface area (TPSA) is 74.2 Å². The van der Waals surface area contributed by atoms with Crippen LogP contribution in [-0.2, 0) is 0 Å². The Bertz CT molecular complexity index is 615. The van der Waals surface area contributed by atoms with Crippen molar-refractivity contribution >= 4 is 29.0 Å². The zero-order valence-corrected chi connectivity index (χ0v) is 12.3. The van der Waals surface area contributed by atoms with E-state index in [0.29, 0.717) is 28.6 Å². The Morgan fingerprint density at radius 3 is 2.81 bits per heavy atom. The Balaban J connectivity index is 1.99. The van der Waals surface area contributed by atoms with Gasteiger partial charge in [0.25, 0.3) is 5.91 Å². The van der Waals surface area contributed by atoms with Crippen molar-refractivity contribution in [3.63, 3.8) is 0 Å². The second-order valence-electron chi connectivity index (χ2n) is 4.63. The number of hydrogen-bond donors (Lipinski definition) is 3. The molecule has 21 heavy (non-hydrogen) atoms. The van der Waals surface area contributed by atoms with Crippen LogP contribution in [0.5, 0.6) is 0 Å². The molecule has 1 atom stereocenters. The van der Waals surface area contributed by atoms with Gasteiger partial charge in [-0.15, -0.1) is 0 Å². The summed E-state index contributed by atoms with van der Waals surface area (Å²) >= 11 is 5.86. The van der Waals surface area contributed by atoms with Gasteiger partial charge in [-0.1, -0.05) is 17.7 Å². The maximum atomic E-state index is 12.0. The van der Waals surface area contributed by atoms with E-state index >= 15 is 0 Å². The summed E-state index contributed by atoms with van der Waals surface area (Å²) in [6.45, 7) is 2.08. The van der Waals surface area contributed by atoms with Gasteiger partial charge in [0.15, 0.2) is 0 Å². The molecule has 0 saturated carbocycles. The molecule has 2 rings (SSSR count). The predicted octanol–water partition coefficient (Wildman–Crippen LogP) is 2.78. The SMILES string of the molecule is C[C@@H](O)CNc1ccc(C(=O)Nc2cccc(Cl)c2)cn1. The number of hydrogen-bond acceptors (Lipinski definition) is 4. The first kappa shape index (κ1) is 15.3. The molecule has 0 unspecified atom stereocenters. The molecule has 0 aliphatic heterocycles. The summed E-state index contributed by atoms with van der Waals surface area (Å²) in [5, 5.41) is 15.4. The summed E-state index contributed by atoms with van der Waals surface area (Å²) in [6, 6.07) is 10.3. The Morgan fingerprint density at radius 2 is 2.19 bits per heavy atom. The average molecular weight is 306 g/mol. The number of nitrogens with zero attached hydrogens (tertiary/aromatic N) is 1. The fourth-order valence-electron chi connectivity index (χ4n) is 1.65. The summed E-state index contributed by atoms with van der Waals surface area (Å²) in [5.74, 6) is 0.349. The lowest BCUT2D eigenvalue weighted by Crippen LogP contribution is -2.16. The maximum absolute atomic E-state index is 12.0. The zero-order valence-electron chi connectivity index (χ0n) is 11.5. The van der Waals surface area contributed by atoms with Gasteiger partial charge in [0.05, 0.1) is 11.7 Å². The molecule has 1 aromatic heterocycles. The molecule has 2 aromatic rings. The number of anilines is 2. The molecule has 0 saturated heterocycles. The van der Waals surface area contributed by atoms with Crippen molar-refractivity contribution in [3.05, 3.63) is 53.2 Å². The summed E-state index contributed by atoms with van der Waals surface area (Å²) < 4.78 is 0. The molecule has 0 bridgehead atoms. The van der Waals surface area contributed by atoms with Crippen molar-refractivity contribution < 1.29 is 9.90 Å². The number of halogens is 1. The van der Waals surface area contributed by atoms with Crippen LogP contribution in [0.25, 0.3) is 0 Å². The first-order valence-corrected chi connectivity index (χ1v) is 6.87. The normalized spacial score (nSPS) is 11.8. The van der Waals surface area contributed by atoms with E-state index in [1.54, 1.807) is 43.3 Å². The van der Waals surface area contributed by atoms with Crippen molar-refractivity contribution in [3.8, 4) is 0 Å². The quantitative estimate of drug-likeness (QED) is 0.794. The van der Waals surface area contributed by atoms with E-state index in [4.69, 9.17) is 11.6 Å². The van der Waals surface area contributed by atoms with E-state index in [2.05, 4.69) is 15.6 Å². The molecular formula is C15H16ClN3O2. The monoisotopic (exact) mass is 305 g/mol. The molecule has 0 spiro atoms. The van der Waals surface area contributed by atoms with Crippen molar-refractivity contribution in [2.75, 3.05) is 17.2 Å². The van der Waals surface area contributed by atoms with E-state index in [1.165, 1.54) is 6.20 Å². The van der Waals surface area contributed by atoms with Gasteiger partial charge in [-0.3, -0.25) is 4.79 Å². The van der Waals surface area contributed by atoms with Crippen LogP contribution in [0.1, 0.15) is 17.3 Å². The van der Waals surface area contributed by atoms with Crippen molar-refractivity contribution in [2.45, 2.75) is 13.0 Å². The number of aliphatic hydroxyl groups excluding tert-OH is 1. The molecule has 0 aliphatic carbocycles. The molecule has 5 nitrogen and oxygen atoms in total. The molecule has 1 amide bonds. The molecule has 0 aliphatic rings. The van der Waals surface area contributed by atoms with Crippen molar-refractivity contribution in [1.82, 2.24) is 4.98 Å². The van der Waals surface area contributed by atoms with Gasteiger partial charge < -0.3 is 15.7 Å². The van der Waals surface area contributed by atoms with Gasteiger partial charge in [0.2, 0.25) is 0 Å². The molecule has 0 fully saturated rings. The second-order valence-corrected chi connectivity index (χ2v) is 5.06. The molecule has 0 radical (unpaired) electrons. The van der Waals surface area contributed by atoms with E-state index < -0.39 is 6.10 Å². The highest BCUT2D eigenvalue weighted by Gasteiger charge is 2.07. The van der Waals surface area contributed by atoms with Crippen LogP contribution in [0.4, 0.5) is 11.5 Å². The summed E-state index contributed by atoms with van der Waals surface area (Å²) in [7, 11) is 0. The lowest BCUT2D eigenvalue weighted by molar-refractivity contribution is 0.102. The second kappa shape index (κ2) is 7.06. The van der Waals surface area contributed by atoms with Gasteiger partial charge in [-0.2, -0.15) is 0 Å². The molecule has 3 N–H and O–H groups in total. The van der Waals surface area contributed by atoms with Crippen LogP contribution < -0.4 is 10.6 Å². The number of aromatic nitrogens is 1. The fourth-order valence-corrected chi connectivity index (χ4v) is 1.84. The zero-order chi connectivity index (χ0) is 15.2. The lowest BCUT2D eigenvalue weighted by Gasteiger charge is -2.08. The third-order valence-electron chi connectivity index (χ3n) is 2.69. The molecule has 1 heterocycles. The van der Waals surface area contributed by atoms with Gasteiger partial charge in [-0.25, -0.2) is 4.98 Å². The Labute approximate surface area is 128 Å². The molecule has 1 aromatic carbocycles. The first-order chi connectivity index (χ1) is 10.0. The summed E-state index contributed by atoms with van der Waals surface area (Å²) in [5.41, 5.74) is 1.07. The predicted molar refractivity (Wildman–Crippen MR) is 83.8 cm³/mol. The third-order valence-corrected chi connectivity index (χ3v) is 2.92. The van der Waals surface area contributed by atoms with E-state index in [1.807, 2.05) is 0 Å². The van der Waals surface area contributed by atoms with Crippen LogP contribution in [0.3, 0.4) is 0 Å². The van der Waals surface area contributed by atoms with E-state index in [9.17, 15) is 9.90 Å². The van der Waals surface area contributed by atoms with Crippen LogP contribution in [-0.4, -0.2) is 28.6 Å². The standard InChI is InChI=1S/C15H16ClN3O2/c1-10(20)8-17-14-6-5-11(9-18-14)15(21)19-13-4-2-3-12(16)7-13/h2-7,9-10,20H,8H2,1H3,(H,17,18)(H,19,21)/t10-/m1/s1. The maximum Gasteiger partial charge on any atom is 0.257 e. The Morgan fingerprint density at radius 1 is 1.38 bits per heavy atom. The molecular weight excluding hydrogens is 290 g/mol. The van der Waals surface area contributed by atoms with Crippen LogP contribution in [0.15, 0.2) is 42.6 Å². The van der Waals surface area contributed by atoms with E-state index in [-0.39, 0.29) is 5.91 Å². The van der Waals surface area contributed by atoms with Crippen molar-refractivity contribution in [2.24, 2.45) is 0 Å². The minimum absolute atomic E-state index is 0.258. The van der Waals surface area contributed by atoms with Crippen LogP contribution >= 0.6 is 11.6 Å². The van der Waals surface area contributed by atoms with Crippen molar-refractivity contribution in [1.29, 1.82) is 0 Å². The van der Waals surface area contributed by atoms with Gasteiger partial charge in [-0.05, 0) is 37.3 Å². The van der Waals surface area contributed by atoms with Gasteiger partial charge in [0.1, 0.15) is 5.82 Å². The highest BCUT2D eigenvalue weighted by Crippen LogP contribution is 2.16. The number of aliphatic hydroxyl groups is 1. The first-order valence-electron chi connectivity index (χ1n) is 6.49. The fraction of sp³-hybridized carbons (Fsp3) is 0.200. The minimum Gasteiger partial charge on any atom is -0.392 e. The van der Waals surface area contributed by atoms with Crippen LogP contribution in [0.2, 0.25) is 5.02 Å². The average Bonchev–Trinajstić information content (AvgIpc) is 2.45. The van der Waals surface area contributed by atoms with E-state index in [0.717, 1.165) is 0 Å². The Kier molecular flexibility index (Phi) is 5.14. The number of benzene rings is 1. The van der Waals surface area contributed by atoms with Crippen LogP contribution in [0, 0.1) is 0 Å². The largest absolute Gasteiger partial charge is 0.392 e. The third kappa shape index (κ3) is 4.73. The number of amides is 1. The molecule has 6 heteroatoms. The number of carbonyl (C=O) groups is 1. The number of pyridine rings is 1. The smallest absolute Gasteiger partial charge is 0.257 e. The number of nitrogens with one attached hydrogen (secondary N) is 2. The summed E-state index contributed by atoms with van der Waals surface area (Å²) in [4.78, 5) is 16.2. The summed E-state index contributed by atoms with van der Waals surface area (Å²) in [6.07, 6.45) is 1.02. The number of carbonyl (C=O) groups excluding carboxylic acids is 1. The van der Waals surface area contributed by atoms with Gasteiger partial charge in [0, 0.05) is 23.5 Å². The molecule has 110 valence electrons.